The molecule has 0 amide bonds. The zero-order chi connectivity index (χ0) is 13.0. The van der Waals surface area contributed by atoms with E-state index in [1.165, 1.54) is 0 Å². The number of nitrogens with two attached hydrogens (primary N) is 1. The summed E-state index contributed by atoms with van der Waals surface area (Å²) in [6.07, 6.45) is 2.89. The third kappa shape index (κ3) is 2.38. The van der Waals surface area contributed by atoms with E-state index in [0.717, 1.165) is 35.5 Å². The van der Waals surface area contributed by atoms with E-state index in [2.05, 4.69) is 18.1 Å². The van der Waals surface area contributed by atoms with Gasteiger partial charge in [0.25, 0.3) is 0 Å². The maximum Gasteiger partial charge on any atom is 0.123 e. The van der Waals surface area contributed by atoms with Crippen molar-refractivity contribution in [1.82, 2.24) is 9.78 Å². The third-order valence-corrected chi connectivity index (χ3v) is 2.95. The molecule has 0 bridgehead atoms. The molecule has 96 valence electrons. The monoisotopic (exact) mass is 245 g/mol. The number of benzene rings is 1. The number of aryl methyl sites for hydroxylation is 1. The summed E-state index contributed by atoms with van der Waals surface area (Å²) >= 11 is 0. The van der Waals surface area contributed by atoms with Gasteiger partial charge in [-0.05, 0) is 30.7 Å². The summed E-state index contributed by atoms with van der Waals surface area (Å²) in [6, 6.07) is 8.10. The van der Waals surface area contributed by atoms with Gasteiger partial charge < -0.3 is 10.5 Å². The summed E-state index contributed by atoms with van der Waals surface area (Å²) in [4.78, 5) is 0. The Labute approximate surface area is 107 Å². The van der Waals surface area contributed by atoms with Gasteiger partial charge in [0.05, 0.1) is 12.8 Å². The van der Waals surface area contributed by atoms with Crippen molar-refractivity contribution in [2.24, 2.45) is 5.73 Å². The summed E-state index contributed by atoms with van der Waals surface area (Å²) in [5.74, 6) is 0.836. The molecular formula is C14H19N3O. The van der Waals surface area contributed by atoms with Gasteiger partial charge in [0.15, 0.2) is 0 Å². The van der Waals surface area contributed by atoms with E-state index in [0.29, 0.717) is 6.54 Å². The van der Waals surface area contributed by atoms with Crippen LogP contribution in [0, 0.1) is 0 Å². The largest absolute Gasteiger partial charge is 0.496 e. The first-order chi connectivity index (χ1) is 8.80. The highest BCUT2D eigenvalue weighted by Crippen LogP contribution is 2.26. The number of rotatable bonds is 5. The minimum atomic E-state index is 0.471. The average molecular weight is 245 g/mol. The molecule has 0 atom stereocenters. The maximum atomic E-state index is 5.74. The first kappa shape index (κ1) is 12.6. The van der Waals surface area contributed by atoms with Crippen molar-refractivity contribution in [3.8, 4) is 17.0 Å². The van der Waals surface area contributed by atoms with Crippen LogP contribution in [0.5, 0.6) is 5.75 Å². The van der Waals surface area contributed by atoms with E-state index in [1.807, 2.05) is 29.1 Å². The van der Waals surface area contributed by atoms with E-state index in [9.17, 15) is 0 Å². The zero-order valence-corrected chi connectivity index (χ0v) is 10.9. The summed E-state index contributed by atoms with van der Waals surface area (Å²) in [5, 5.41) is 4.33. The molecule has 0 saturated carbocycles. The van der Waals surface area contributed by atoms with E-state index in [1.54, 1.807) is 7.11 Å². The molecule has 4 nitrogen and oxygen atoms in total. The van der Waals surface area contributed by atoms with Crippen LogP contribution in [0.25, 0.3) is 11.3 Å². The highest BCUT2D eigenvalue weighted by atomic mass is 16.5. The van der Waals surface area contributed by atoms with Crippen LogP contribution in [-0.2, 0) is 13.1 Å². The predicted octanol–water partition coefficient (Wildman–Crippen LogP) is 2.43. The smallest absolute Gasteiger partial charge is 0.123 e. The quantitative estimate of drug-likeness (QED) is 0.880. The predicted molar refractivity (Wildman–Crippen MR) is 72.4 cm³/mol. The van der Waals surface area contributed by atoms with Crippen LogP contribution in [0.2, 0.25) is 0 Å². The van der Waals surface area contributed by atoms with Gasteiger partial charge in [0.2, 0.25) is 0 Å². The van der Waals surface area contributed by atoms with Gasteiger partial charge in [0.1, 0.15) is 5.75 Å². The lowest BCUT2D eigenvalue weighted by Crippen LogP contribution is -2.03. The number of methoxy groups -OCH3 is 1. The Balaban J connectivity index is 2.41. The lowest BCUT2D eigenvalue weighted by Gasteiger charge is -2.10. The van der Waals surface area contributed by atoms with Crippen molar-refractivity contribution in [3.63, 3.8) is 0 Å². The Kier molecular flexibility index (Phi) is 3.99. The fourth-order valence-electron chi connectivity index (χ4n) is 2.07. The summed E-state index contributed by atoms with van der Waals surface area (Å²) in [7, 11) is 1.66. The molecule has 2 aromatic rings. The summed E-state index contributed by atoms with van der Waals surface area (Å²) in [5.41, 5.74) is 9.00. The number of hydrogen-bond acceptors (Lipinski definition) is 3. The fourth-order valence-corrected chi connectivity index (χ4v) is 2.07. The van der Waals surface area contributed by atoms with Gasteiger partial charge >= 0.3 is 0 Å². The third-order valence-electron chi connectivity index (χ3n) is 2.95. The van der Waals surface area contributed by atoms with Gasteiger partial charge in [-0.15, -0.1) is 0 Å². The van der Waals surface area contributed by atoms with E-state index >= 15 is 0 Å². The van der Waals surface area contributed by atoms with Crippen molar-refractivity contribution < 1.29 is 4.74 Å². The zero-order valence-electron chi connectivity index (χ0n) is 10.9. The van der Waals surface area contributed by atoms with Crippen LogP contribution >= 0.6 is 0 Å². The van der Waals surface area contributed by atoms with Gasteiger partial charge in [-0.2, -0.15) is 5.10 Å². The van der Waals surface area contributed by atoms with Gasteiger partial charge in [-0.25, -0.2) is 0 Å². The minimum Gasteiger partial charge on any atom is -0.496 e. The highest BCUT2D eigenvalue weighted by molar-refractivity contribution is 5.62. The Morgan fingerprint density at radius 3 is 2.83 bits per heavy atom. The number of hydrogen-bond donors (Lipinski definition) is 1. The number of aromatic nitrogens is 2. The second kappa shape index (κ2) is 5.69. The van der Waals surface area contributed by atoms with Crippen LogP contribution in [0.1, 0.15) is 18.9 Å². The van der Waals surface area contributed by atoms with Crippen LogP contribution in [0.4, 0.5) is 0 Å². The first-order valence-corrected chi connectivity index (χ1v) is 6.19. The van der Waals surface area contributed by atoms with Gasteiger partial charge in [-0.1, -0.05) is 6.92 Å². The second-order valence-corrected chi connectivity index (χ2v) is 4.17. The molecule has 0 aliphatic heterocycles. The maximum absolute atomic E-state index is 5.74. The lowest BCUT2D eigenvalue weighted by molar-refractivity contribution is 0.410. The molecule has 0 radical (unpaired) electrons. The van der Waals surface area contributed by atoms with E-state index in [4.69, 9.17) is 10.5 Å². The lowest BCUT2D eigenvalue weighted by atomic mass is 10.1. The number of ether oxygens (including phenoxy) is 1. The Morgan fingerprint density at radius 2 is 2.17 bits per heavy atom. The van der Waals surface area contributed by atoms with Crippen molar-refractivity contribution in [3.05, 3.63) is 36.0 Å². The van der Waals surface area contributed by atoms with Crippen molar-refractivity contribution in [1.29, 1.82) is 0 Å². The normalized spacial score (nSPS) is 10.6. The molecule has 0 fully saturated rings. The fraction of sp³-hybridized carbons (Fsp3) is 0.357. The van der Waals surface area contributed by atoms with E-state index in [-0.39, 0.29) is 0 Å². The van der Waals surface area contributed by atoms with E-state index < -0.39 is 0 Å². The molecule has 0 saturated heterocycles. The molecule has 0 aliphatic rings. The van der Waals surface area contributed by atoms with Crippen molar-refractivity contribution >= 4 is 0 Å². The molecule has 2 N–H and O–H groups in total. The molecule has 4 heteroatoms. The minimum absolute atomic E-state index is 0.471. The van der Waals surface area contributed by atoms with Crippen LogP contribution in [-0.4, -0.2) is 16.9 Å². The standard InChI is InChI=1S/C14H19N3O/c1-3-8-17-13(6-7-16-17)11-4-5-14(18-2)12(9-11)10-15/h4-7,9H,3,8,10,15H2,1-2H3. The van der Waals surface area contributed by atoms with Gasteiger partial charge in [-0.3, -0.25) is 4.68 Å². The van der Waals surface area contributed by atoms with Crippen LogP contribution in [0.3, 0.4) is 0 Å². The van der Waals surface area contributed by atoms with Crippen molar-refractivity contribution in [2.45, 2.75) is 26.4 Å². The van der Waals surface area contributed by atoms with Crippen LogP contribution in [0.15, 0.2) is 30.5 Å². The Bertz CT molecular complexity index is 520. The first-order valence-electron chi connectivity index (χ1n) is 6.19. The van der Waals surface area contributed by atoms with Crippen molar-refractivity contribution in [2.75, 3.05) is 7.11 Å². The molecule has 2 rings (SSSR count). The molecule has 1 heterocycles. The summed E-state index contributed by atoms with van der Waals surface area (Å²) in [6.45, 7) is 3.54. The molecule has 0 aliphatic carbocycles. The topological polar surface area (TPSA) is 53.1 Å². The molecular weight excluding hydrogens is 226 g/mol. The van der Waals surface area contributed by atoms with Crippen LogP contribution < -0.4 is 10.5 Å². The van der Waals surface area contributed by atoms with Gasteiger partial charge in [0, 0.05) is 30.4 Å². The molecule has 18 heavy (non-hydrogen) atoms. The molecule has 1 aromatic heterocycles. The molecule has 1 aromatic carbocycles. The molecule has 0 spiro atoms. The second-order valence-electron chi connectivity index (χ2n) is 4.17. The molecule has 0 unspecified atom stereocenters. The highest BCUT2D eigenvalue weighted by Gasteiger charge is 2.08. The Hall–Kier alpha value is -1.81. The summed E-state index contributed by atoms with van der Waals surface area (Å²) < 4.78 is 7.30. The SMILES string of the molecule is CCCn1nccc1-c1ccc(OC)c(CN)c1. The number of nitrogens with zero attached hydrogens (tertiary/aromatic N) is 2. The Morgan fingerprint density at radius 1 is 1.33 bits per heavy atom. The average Bonchev–Trinajstić information content (AvgIpc) is 2.86.